The van der Waals surface area contributed by atoms with Crippen LogP contribution < -0.4 is 5.32 Å². The van der Waals surface area contributed by atoms with E-state index in [0.29, 0.717) is 36.8 Å². The number of hydrogen-bond donors (Lipinski definition) is 1. The smallest absolute Gasteiger partial charge is 0.270 e. The molecule has 1 amide bonds. The molecule has 2 aromatic rings. The number of benzene rings is 1. The van der Waals surface area contributed by atoms with Crippen LogP contribution in [0.3, 0.4) is 0 Å². The quantitative estimate of drug-likeness (QED) is 0.753. The van der Waals surface area contributed by atoms with Gasteiger partial charge >= 0.3 is 0 Å². The fourth-order valence-electron chi connectivity index (χ4n) is 4.27. The first kappa shape index (κ1) is 20.5. The van der Waals surface area contributed by atoms with Gasteiger partial charge in [-0.2, -0.15) is 4.31 Å². The maximum atomic E-state index is 13.0. The molecule has 2 saturated heterocycles. The van der Waals surface area contributed by atoms with E-state index >= 15 is 0 Å². The third-order valence-electron chi connectivity index (χ3n) is 5.76. The van der Waals surface area contributed by atoms with Crippen molar-refractivity contribution >= 4 is 27.3 Å². The molecule has 3 heterocycles. The number of amides is 1. The van der Waals surface area contributed by atoms with Gasteiger partial charge in [-0.05, 0) is 55.9 Å². The summed E-state index contributed by atoms with van der Waals surface area (Å²) in [5, 5.41) is 4.61. The first-order valence-corrected chi connectivity index (χ1v) is 12.1. The Morgan fingerprint density at radius 3 is 2.69 bits per heavy atom. The number of carbonyl (C=O) groups excluding carboxylic acids is 1. The molecule has 2 fully saturated rings. The lowest BCUT2D eigenvalue weighted by atomic mass is 9.80. The second-order valence-corrected chi connectivity index (χ2v) is 10.6. The predicted molar refractivity (Wildman–Crippen MR) is 111 cm³/mol. The monoisotopic (exact) mass is 435 g/mol. The van der Waals surface area contributed by atoms with Crippen LogP contribution in [0.4, 0.5) is 0 Å². The molecule has 156 valence electrons. The summed E-state index contributed by atoms with van der Waals surface area (Å²) in [5.74, 6) is 0.0516. The largest absolute Gasteiger partial charge is 0.372 e. The number of rotatable bonds is 6. The molecule has 1 unspecified atom stereocenters. The normalized spacial score (nSPS) is 21.2. The van der Waals surface area contributed by atoms with Gasteiger partial charge < -0.3 is 10.1 Å². The summed E-state index contributed by atoms with van der Waals surface area (Å²) >= 11 is 1.39. The Balaban J connectivity index is 1.37. The number of aryl methyl sites for hydroxylation is 2. The van der Waals surface area contributed by atoms with E-state index in [2.05, 4.69) is 10.3 Å². The highest BCUT2D eigenvalue weighted by Crippen LogP contribution is 2.43. The summed E-state index contributed by atoms with van der Waals surface area (Å²) in [4.78, 5) is 16.4. The van der Waals surface area contributed by atoms with Crippen LogP contribution in [0.2, 0.25) is 0 Å². The van der Waals surface area contributed by atoms with Crippen LogP contribution in [0.15, 0.2) is 34.0 Å². The van der Waals surface area contributed by atoms with E-state index in [4.69, 9.17) is 4.74 Å². The van der Waals surface area contributed by atoms with Crippen molar-refractivity contribution < 1.29 is 17.9 Å². The summed E-state index contributed by atoms with van der Waals surface area (Å²) in [6.45, 7) is 5.69. The summed E-state index contributed by atoms with van der Waals surface area (Å²) in [7, 11) is -3.52. The highest BCUT2D eigenvalue weighted by Gasteiger charge is 2.56. The molecule has 7 nitrogen and oxygen atoms in total. The van der Waals surface area contributed by atoms with Gasteiger partial charge in [-0.25, -0.2) is 13.4 Å². The molecule has 29 heavy (non-hydrogen) atoms. The van der Waals surface area contributed by atoms with Gasteiger partial charge in [0.05, 0.1) is 16.0 Å². The lowest BCUT2D eigenvalue weighted by Crippen LogP contribution is -2.66. The minimum Gasteiger partial charge on any atom is -0.372 e. The topological polar surface area (TPSA) is 88.6 Å². The summed E-state index contributed by atoms with van der Waals surface area (Å²) < 4.78 is 33.5. The van der Waals surface area contributed by atoms with E-state index in [9.17, 15) is 13.2 Å². The first-order valence-electron chi connectivity index (χ1n) is 9.69. The fraction of sp³-hybridized carbons (Fsp3) is 0.500. The summed E-state index contributed by atoms with van der Waals surface area (Å²) in [6, 6.07) is 5.40. The Morgan fingerprint density at radius 2 is 2.03 bits per heavy atom. The van der Waals surface area contributed by atoms with Crippen molar-refractivity contribution in [3.63, 3.8) is 0 Å². The van der Waals surface area contributed by atoms with Crippen molar-refractivity contribution in [3.8, 4) is 0 Å². The molecule has 1 aromatic heterocycles. The van der Waals surface area contributed by atoms with Gasteiger partial charge in [0.1, 0.15) is 5.69 Å². The molecule has 4 rings (SSSR count). The van der Waals surface area contributed by atoms with Crippen LogP contribution >= 0.6 is 11.3 Å². The molecular formula is C20H25N3O4S2. The van der Waals surface area contributed by atoms with Gasteiger partial charge in [-0.3, -0.25) is 4.79 Å². The number of nitrogens with zero attached hydrogens (tertiary/aromatic N) is 2. The van der Waals surface area contributed by atoms with E-state index < -0.39 is 15.6 Å². The van der Waals surface area contributed by atoms with Crippen molar-refractivity contribution in [1.82, 2.24) is 14.6 Å². The van der Waals surface area contributed by atoms with Gasteiger partial charge in [-0.1, -0.05) is 6.07 Å². The lowest BCUT2D eigenvalue weighted by Gasteiger charge is -2.49. The van der Waals surface area contributed by atoms with Gasteiger partial charge in [0.15, 0.2) is 0 Å². The molecule has 1 N–H and O–H groups in total. The van der Waals surface area contributed by atoms with E-state index in [-0.39, 0.29) is 11.8 Å². The molecule has 0 bridgehead atoms. The first-order chi connectivity index (χ1) is 13.8. The third kappa shape index (κ3) is 3.96. The van der Waals surface area contributed by atoms with Gasteiger partial charge in [0.2, 0.25) is 10.0 Å². The van der Waals surface area contributed by atoms with E-state index in [0.717, 1.165) is 24.0 Å². The van der Waals surface area contributed by atoms with Crippen molar-refractivity contribution in [3.05, 3.63) is 45.9 Å². The molecule has 0 radical (unpaired) electrons. The SMILES string of the molecule is Cc1cc(C)cc(S(=O)(=O)N2CC3(C2)OCCC3CCNC(=O)c2cscn2)c1. The Hall–Kier alpha value is -1.81. The molecule has 0 saturated carbocycles. The maximum Gasteiger partial charge on any atom is 0.270 e. The molecule has 2 aliphatic heterocycles. The van der Waals surface area contributed by atoms with Crippen LogP contribution in [-0.2, 0) is 14.8 Å². The average Bonchev–Trinajstić information content (AvgIpc) is 3.29. The van der Waals surface area contributed by atoms with Crippen molar-refractivity contribution in [2.75, 3.05) is 26.2 Å². The van der Waals surface area contributed by atoms with E-state index in [1.165, 1.54) is 15.6 Å². The van der Waals surface area contributed by atoms with Gasteiger partial charge in [0, 0.05) is 31.6 Å². The van der Waals surface area contributed by atoms with Crippen molar-refractivity contribution in [2.45, 2.75) is 37.2 Å². The lowest BCUT2D eigenvalue weighted by molar-refractivity contribution is -0.102. The number of carbonyl (C=O) groups is 1. The molecular weight excluding hydrogens is 410 g/mol. The molecule has 9 heteroatoms. The van der Waals surface area contributed by atoms with Gasteiger partial charge in [-0.15, -0.1) is 11.3 Å². The number of nitrogens with one attached hydrogen (secondary N) is 1. The van der Waals surface area contributed by atoms with Crippen molar-refractivity contribution in [2.24, 2.45) is 5.92 Å². The highest BCUT2D eigenvalue weighted by atomic mass is 32.2. The molecule has 1 atom stereocenters. The Morgan fingerprint density at radius 1 is 1.31 bits per heavy atom. The number of ether oxygens (including phenoxy) is 1. The van der Waals surface area contributed by atoms with Crippen LogP contribution in [0.25, 0.3) is 0 Å². The number of sulfonamides is 1. The van der Waals surface area contributed by atoms with E-state index in [1.54, 1.807) is 23.0 Å². The Kier molecular flexibility index (Phi) is 5.50. The average molecular weight is 436 g/mol. The second-order valence-electron chi connectivity index (χ2n) is 7.91. The number of thiazole rings is 1. The van der Waals surface area contributed by atoms with E-state index in [1.807, 2.05) is 19.9 Å². The Bertz CT molecular complexity index is 978. The van der Waals surface area contributed by atoms with Crippen LogP contribution in [0.5, 0.6) is 0 Å². The Labute approximate surface area is 175 Å². The molecule has 2 aliphatic rings. The zero-order valence-corrected chi connectivity index (χ0v) is 18.2. The summed E-state index contributed by atoms with van der Waals surface area (Å²) in [5.41, 5.74) is 3.50. The highest BCUT2D eigenvalue weighted by molar-refractivity contribution is 7.89. The number of hydrogen-bond acceptors (Lipinski definition) is 6. The molecule has 1 aromatic carbocycles. The number of aromatic nitrogens is 1. The zero-order chi connectivity index (χ0) is 20.6. The third-order valence-corrected chi connectivity index (χ3v) is 8.12. The van der Waals surface area contributed by atoms with Crippen molar-refractivity contribution in [1.29, 1.82) is 0 Å². The fourth-order valence-corrected chi connectivity index (χ4v) is 6.55. The van der Waals surface area contributed by atoms with Crippen LogP contribution in [0.1, 0.15) is 34.5 Å². The minimum atomic E-state index is -3.52. The van der Waals surface area contributed by atoms with Crippen LogP contribution in [-0.4, -0.2) is 55.5 Å². The zero-order valence-electron chi connectivity index (χ0n) is 16.6. The minimum absolute atomic E-state index is 0.174. The maximum absolute atomic E-state index is 13.0. The second kappa shape index (κ2) is 7.79. The van der Waals surface area contributed by atoms with Crippen LogP contribution in [0, 0.1) is 19.8 Å². The molecule has 0 aliphatic carbocycles. The predicted octanol–water partition coefficient (Wildman–Crippen LogP) is 2.36. The van der Waals surface area contributed by atoms with Gasteiger partial charge in [0.25, 0.3) is 5.91 Å². The standard InChI is InChI=1S/C20H25N3O4S2/c1-14-7-15(2)9-17(8-14)29(25,26)23-11-20(12-23)16(4-6-27-20)3-5-21-19(24)18-10-28-13-22-18/h7-10,13,16H,3-6,11-12H2,1-2H3,(H,21,24). The molecule has 1 spiro atoms. The summed E-state index contributed by atoms with van der Waals surface area (Å²) in [6.07, 6.45) is 1.64.